The third-order valence-electron chi connectivity index (χ3n) is 2.34. The van der Waals surface area contributed by atoms with Crippen molar-refractivity contribution in [3.63, 3.8) is 0 Å². The minimum absolute atomic E-state index is 0. The highest BCUT2D eigenvalue weighted by Gasteiger charge is 2.42. The molecule has 0 aromatic carbocycles. The molecule has 1 N–H and O–H groups in total. The number of hydrogen-bond acceptors (Lipinski definition) is 3. The SMILES string of the molecule is CC1(C)COC(C)(c2ccc(Br)s2)N1.Cl. The van der Waals surface area contributed by atoms with E-state index in [1.54, 1.807) is 11.3 Å². The second-order valence-corrected chi connectivity index (χ2v) is 6.90. The quantitative estimate of drug-likeness (QED) is 0.857. The van der Waals surface area contributed by atoms with Crippen LogP contribution in [0.1, 0.15) is 25.6 Å². The molecule has 1 aromatic heterocycles. The third kappa shape index (κ3) is 2.74. The molecule has 2 heterocycles. The molecule has 86 valence electrons. The zero-order valence-electron chi connectivity index (χ0n) is 8.96. The van der Waals surface area contributed by atoms with Crippen LogP contribution in [0.15, 0.2) is 15.9 Å². The largest absolute Gasteiger partial charge is 0.354 e. The Kier molecular flexibility index (Phi) is 3.89. The van der Waals surface area contributed by atoms with Crippen molar-refractivity contribution in [3.8, 4) is 0 Å². The average molecular weight is 313 g/mol. The number of nitrogens with one attached hydrogen (secondary N) is 1. The maximum Gasteiger partial charge on any atom is 0.152 e. The van der Waals surface area contributed by atoms with Crippen LogP contribution < -0.4 is 5.32 Å². The number of hydrogen-bond donors (Lipinski definition) is 1. The maximum atomic E-state index is 5.83. The van der Waals surface area contributed by atoms with Crippen molar-refractivity contribution in [1.82, 2.24) is 5.32 Å². The van der Waals surface area contributed by atoms with E-state index in [2.05, 4.69) is 54.2 Å². The van der Waals surface area contributed by atoms with Crippen molar-refractivity contribution in [3.05, 3.63) is 20.8 Å². The van der Waals surface area contributed by atoms with E-state index in [0.717, 1.165) is 10.4 Å². The van der Waals surface area contributed by atoms with Crippen molar-refractivity contribution in [1.29, 1.82) is 0 Å². The highest BCUT2D eigenvalue weighted by molar-refractivity contribution is 9.11. The minimum Gasteiger partial charge on any atom is -0.354 e. The summed E-state index contributed by atoms with van der Waals surface area (Å²) >= 11 is 5.18. The summed E-state index contributed by atoms with van der Waals surface area (Å²) < 4.78 is 6.98. The van der Waals surface area contributed by atoms with Gasteiger partial charge in [0.25, 0.3) is 0 Å². The molecular weight excluding hydrogens is 298 g/mol. The molecule has 5 heteroatoms. The van der Waals surface area contributed by atoms with Crippen molar-refractivity contribution in [2.75, 3.05) is 6.61 Å². The van der Waals surface area contributed by atoms with Gasteiger partial charge in [0.05, 0.1) is 15.3 Å². The fourth-order valence-electron chi connectivity index (χ4n) is 1.75. The summed E-state index contributed by atoms with van der Waals surface area (Å²) in [5.41, 5.74) is -0.259. The molecule has 1 fully saturated rings. The molecule has 0 bridgehead atoms. The molecule has 1 atom stereocenters. The van der Waals surface area contributed by atoms with Crippen LogP contribution in [0, 0.1) is 0 Å². The van der Waals surface area contributed by atoms with Gasteiger partial charge < -0.3 is 4.74 Å². The lowest BCUT2D eigenvalue weighted by molar-refractivity contribution is 0.00530. The van der Waals surface area contributed by atoms with Gasteiger partial charge >= 0.3 is 0 Å². The van der Waals surface area contributed by atoms with Crippen LogP contribution in [0.5, 0.6) is 0 Å². The lowest BCUT2D eigenvalue weighted by Crippen LogP contribution is -2.44. The minimum atomic E-state index is -0.319. The molecule has 1 unspecified atom stereocenters. The first-order valence-corrected chi connectivity index (χ1v) is 6.21. The lowest BCUT2D eigenvalue weighted by Gasteiger charge is -2.25. The Bertz CT molecular complexity index is 355. The zero-order chi connectivity index (χ0) is 10.4. The first kappa shape index (κ1) is 13.5. The smallest absolute Gasteiger partial charge is 0.152 e. The summed E-state index contributed by atoms with van der Waals surface area (Å²) in [6.45, 7) is 7.14. The molecule has 1 saturated heterocycles. The van der Waals surface area contributed by atoms with Gasteiger partial charge in [-0.15, -0.1) is 23.7 Å². The standard InChI is InChI=1S/C10H14BrNOS.ClH/c1-9(2)6-13-10(3,12-9)7-4-5-8(11)14-7;/h4-5,12H,6H2,1-3H3;1H. The van der Waals surface area contributed by atoms with E-state index < -0.39 is 0 Å². The van der Waals surface area contributed by atoms with Gasteiger partial charge in [0.2, 0.25) is 0 Å². The van der Waals surface area contributed by atoms with E-state index in [4.69, 9.17) is 4.74 Å². The molecule has 0 radical (unpaired) electrons. The van der Waals surface area contributed by atoms with Gasteiger partial charge in [0.1, 0.15) is 0 Å². The molecule has 0 amide bonds. The fourth-order valence-corrected chi connectivity index (χ4v) is 3.19. The monoisotopic (exact) mass is 311 g/mol. The number of thiophene rings is 1. The molecule has 0 aliphatic carbocycles. The fraction of sp³-hybridized carbons (Fsp3) is 0.600. The second-order valence-electron chi connectivity index (χ2n) is 4.43. The second kappa shape index (κ2) is 4.34. The zero-order valence-corrected chi connectivity index (χ0v) is 12.2. The van der Waals surface area contributed by atoms with Crippen LogP contribution in [0.25, 0.3) is 0 Å². The van der Waals surface area contributed by atoms with Gasteiger partial charge in [-0.1, -0.05) is 0 Å². The summed E-state index contributed by atoms with van der Waals surface area (Å²) in [4.78, 5) is 1.22. The topological polar surface area (TPSA) is 21.3 Å². The summed E-state index contributed by atoms with van der Waals surface area (Å²) in [6, 6.07) is 4.16. The molecule has 15 heavy (non-hydrogen) atoms. The van der Waals surface area contributed by atoms with Gasteiger partial charge in [0.15, 0.2) is 5.72 Å². The summed E-state index contributed by atoms with van der Waals surface area (Å²) in [7, 11) is 0. The average Bonchev–Trinajstić information content (AvgIpc) is 2.57. The van der Waals surface area contributed by atoms with E-state index >= 15 is 0 Å². The predicted octanol–water partition coefficient (Wildman–Crippen LogP) is 3.50. The summed E-state index contributed by atoms with van der Waals surface area (Å²) in [5, 5.41) is 3.50. The van der Waals surface area contributed by atoms with E-state index in [-0.39, 0.29) is 23.7 Å². The molecule has 2 rings (SSSR count). The molecule has 0 spiro atoms. The Labute approximate surface area is 109 Å². The number of rotatable bonds is 1. The predicted molar refractivity (Wildman–Crippen MR) is 69.8 cm³/mol. The lowest BCUT2D eigenvalue weighted by atomic mass is 10.1. The van der Waals surface area contributed by atoms with Crippen molar-refractivity contribution >= 4 is 39.7 Å². The Morgan fingerprint density at radius 1 is 1.40 bits per heavy atom. The first-order chi connectivity index (χ1) is 6.41. The number of ether oxygens (including phenoxy) is 1. The van der Waals surface area contributed by atoms with Gasteiger partial charge in [-0.25, -0.2) is 0 Å². The van der Waals surface area contributed by atoms with E-state index in [0.29, 0.717) is 0 Å². The molecule has 1 aromatic rings. The van der Waals surface area contributed by atoms with Gasteiger partial charge in [-0.3, -0.25) is 5.32 Å². The third-order valence-corrected chi connectivity index (χ3v) is 4.17. The van der Waals surface area contributed by atoms with Crippen LogP contribution in [0.2, 0.25) is 0 Å². The van der Waals surface area contributed by atoms with Crippen LogP contribution >= 0.6 is 39.7 Å². The first-order valence-electron chi connectivity index (χ1n) is 4.60. The van der Waals surface area contributed by atoms with Crippen molar-refractivity contribution in [2.24, 2.45) is 0 Å². The normalized spacial score (nSPS) is 28.8. The summed E-state index contributed by atoms with van der Waals surface area (Å²) in [6.07, 6.45) is 0. The highest BCUT2D eigenvalue weighted by Crippen LogP contribution is 2.37. The Morgan fingerprint density at radius 2 is 2.07 bits per heavy atom. The highest BCUT2D eigenvalue weighted by atomic mass is 79.9. The van der Waals surface area contributed by atoms with Crippen LogP contribution in [0.4, 0.5) is 0 Å². The van der Waals surface area contributed by atoms with Crippen LogP contribution in [-0.2, 0) is 10.5 Å². The van der Waals surface area contributed by atoms with E-state index in [1.165, 1.54) is 4.88 Å². The van der Waals surface area contributed by atoms with Gasteiger partial charge in [0, 0.05) is 5.54 Å². The number of halogens is 2. The molecule has 2 nitrogen and oxygen atoms in total. The molecular formula is C10H15BrClNOS. The maximum absolute atomic E-state index is 5.83. The molecule has 1 aliphatic heterocycles. The van der Waals surface area contributed by atoms with E-state index in [9.17, 15) is 0 Å². The molecule has 1 aliphatic rings. The summed E-state index contributed by atoms with van der Waals surface area (Å²) in [5.74, 6) is 0. The Hall–Kier alpha value is 0.390. The van der Waals surface area contributed by atoms with Crippen LogP contribution in [0.3, 0.4) is 0 Å². The Balaban J connectivity index is 0.00000112. The van der Waals surface area contributed by atoms with Gasteiger partial charge in [-0.2, -0.15) is 0 Å². The van der Waals surface area contributed by atoms with Crippen LogP contribution in [-0.4, -0.2) is 12.1 Å². The Morgan fingerprint density at radius 3 is 2.47 bits per heavy atom. The van der Waals surface area contributed by atoms with Crippen molar-refractivity contribution < 1.29 is 4.74 Å². The van der Waals surface area contributed by atoms with Gasteiger partial charge in [-0.05, 0) is 48.8 Å². The van der Waals surface area contributed by atoms with Crippen molar-refractivity contribution in [2.45, 2.75) is 32.0 Å². The molecule has 0 saturated carbocycles. The van der Waals surface area contributed by atoms with E-state index in [1.807, 2.05) is 0 Å².